The van der Waals surface area contributed by atoms with E-state index < -0.39 is 0 Å². The smallest absolute Gasteiger partial charge is 0.274 e. The maximum absolute atomic E-state index is 12.3. The van der Waals surface area contributed by atoms with Gasteiger partial charge < -0.3 is 14.5 Å². The monoisotopic (exact) mass is 300 g/mol. The quantitative estimate of drug-likeness (QED) is 0.721. The first-order chi connectivity index (χ1) is 9.54. The molecule has 0 bridgehead atoms. The number of nitrogens with zero attached hydrogens (tertiary/aromatic N) is 4. The highest BCUT2D eigenvalue weighted by Gasteiger charge is 2.17. The highest BCUT2D eigenvalue weighted by Crippen LogP contribution is 2.06. The van der Waals surface area contributed by atoms with E-state index in [-0.39, 0.29) is 11.1 Å². The summed E-state index contributed by atoms with van der Waals surface area (Å²) in [5.74, 6) is -0.148. The van der Waals surface area contributed by atoms with Crippen molar-refractivity contribution in [2.75, 3.05) is 47.4 Å². The van der Waals surface area contributed by atoms with E-state index in [0.717, 1.165) is 13.0 Å². The average molecular weight is 301 g/mol. The van der Waals surface area contributed by atoms with Crippen molar-refractivity contribution >= 4 is 17.5 Å². The second-order valence-corrected chi connectivity index (χ2v) is 5.07. The molecule has 0 N–H and O–H groups in total. The minimum absolute atomic E-state index is 0.148. The average Bonchev–Trinajstić information content (AvgIpc) is 2.42. The van der Waals surface area contributed by atoms with Gasteiger partial charge in [0.2, 0.25) is 0 Å². The van der Waals surface area contributed by atoms with Crippen molar-refractivity contribution in [3.05, 3.63) is 23.0 Å². The molecular formula is C13H21ClN4O2. The van der Waals surface area contributed by atoms with Crippen molar-refractivity contribution in [3.8, 4) is 0 Å². The Morgan fingerprint density at radius 3 is 2.55 bits per heavy atom. The molecule has 1 rings (SSSR count). The molecule has 0 saturated heterocycles. The summed E-state index contributed by atoms with van der Waals surface area (Å²) in [6.45, 7) is 2.61. The number of hydrogen-bond donors (Lipinski definition) is 0. The lowest BCUT2D eigenvalue weighted by molar-refractivity contribution is 0.0682. The Hall–Kier alpha value is -1.24. The van der Waals surface area contributed by atoms with Gasteiger partial charge in [-0.1, -0.05) is 11.6 Å². The van der Waals surface area contributed by atoms with Crippen LogP contribution in [0.3, 0.4) is 0 Å². The molecular weight excluding hydrogens is 280 g/mol. The minimum Gasteiger partial charge on any atom is -0.383 e. The second kappa shape index (κ2) is 8.84. The highest BCUT2D eigenvalue weighted by atomic mass is 35.5. The number of carbonyl (C=O) groups is 1. The first kappa shape index (κ1) is 16.8. The molecule has 7 heteroatoms. The summed E-state index contributed by atoms with van der Waals surface area (Å²) >= 11 is 5.67. The van der Waals surface area contributed by atoms with E-state index in [0.29, 0.717) is 25.4 Å². The number of hydrogen-bond acceptors (Lipinski definition) is 5. The zero-order chi connectivity index (χ0) is 15.0. The Kier molecular flexibility index (Phi) is 7.43. The first-order valence-corrected chi connectivity index (χ1v) is 6.84. The van der Waals surface area contributed by atoms with Gasteiger partial charge in [-0.3, -0.25) is 4.79 Å². The summed E-state index contributed by atoms with van der Waals surface area (Å²) in [7, 11) is 5.63. The molecule has 20 heavy (non-hydrogen) atoms. The van der Waals surface area contributed by atoms with Crippen LogP contribution in [0.2, 0.25) is 5.15 Å². The first-order valence-electron chi connectivity index (χ1n) is 6.46. The van der Waals surface area contributed by atoms with Crippen molar-refractivity contribution < 1.29 is 9.53 Å². The molecule has 6 nitrogen and oxygen atoms in total. The summed E-state index contributed by atoms with van der Waals surface area (Å²) in [6, 6.07) is 3.15. The topological polar surface area (TPSA) is 58.6 Å². The third kappa shape index (κ3) is 5.81. The molecule has 0 saturated carbocycles. The third-order valence-corrected chi connectivity index (χ3v) is 2.94. The van der Waals surface area contributed by atoms with E-state index >= 15 is 0 Å². The van der Waals surface area contributed by atoms with Gasteiger partial charge in [-0.15, -0.1) is 10.2 Å². The maximum Gasteiger partial charge on any atom is 0.274 e. The van der Waals surface area contributed by atoms with E-state index in [9.17, 15) is 4.79 Å². The van der Waals surface area contributed by atoms with E-state index in [1.807, 2.05) is 14.1 Å². The summed E-state index contributed by atoms with van der Waals surface area (Å²) in [5.41, 5.74) is 0.301. The van der Waals surface area contributed by atoms with Gasteiger partial charge in [-0.2, -0.15) is 0 Å². The van der Waals surface area contributed by atoms with Crippen LogP contribution in [0, 0.1) is 0 Å². The Bertz CT molecular complexity index is 411. The molecule has 0 aromatic carbocycles. The van der Waals surface area contributed by atoms with Crippen molar-refractivity contribution in [2.24, 2.45) is 0 Å². The van der Waals surface area contributed by atoms with Crippen molar-refractivity contribution in [2.45, 2.75) is 6.42 Å². The zero-order valence-electron chi connectivity index (χ0n) is 12.2. The number of aromatic nitrogens is 2. The van der Waals surface area contributed by atoms with E-state index in [2.05, 4.69) is 15.1 Å². The van der Waals surface area contributed by atoms with E-state index in [1.54, 1.807) is 24.1 Å². The fourth-order valence-corrected chi connectivity index (χ4v) is 1.79. The van der Waals surface area contributed by atoms with Crippen LogP contribution in [0.1, 0.15) is 16.9 Å². The SMILES string of the molecule is COCCN(CCCN(C)C)C(=O)c1ccc(Cl)nn1. The lowest BCUT2D eigenvalue weighted by atomic mass is 10.3. The number of rotatable bonds is 8. The number of ether oxygens (including phenoxy) is 1. The van der Waals surface area contributed by atoms with Crippen LogP contribution in [-0.2, 0) is 4.74 Å². The summed E-state index contributed by atoms with van der Waals surface area (Å²) < 4.78 is 5.04. The predicted octanol–water partition coefficient (Wildman–Crippen LogP) is 1.17. The number of methoxy groups -OCH3 is 1. The lowest BCUT2D eigenvalue weighted by Crippen LogP contribution is -2.36. The zero-order valence-corrected chi connectivity index (χ0v) is 12.9. The Labute approximate surface area is 124 Å². The summed E-state index contributed by atoms with van der Waals surface area (Å²) in [5, 5.41) is 7.80. The van der Waals surface area contributed by atoms with Gasteiger partial charge in [-0.25, -0.2) is 0 Å². The minimum atomic E-state index is -0.148. The van der Waals surface area contributed by atoms with Crippen molar-refractivity contribution in [1.29, 1.82) is 0 Å². The van der Waals surface area contributed by atoms with Crippen LogP contribution in [0.5, 0.6) is 0 Å². The molecule has 1 aromatic heterocycles. The Balaban J connectivity index is 2.65. The summed E-state index contributed by atoms with van der Waals surface area (Å²) in [6.07, 6.45) is 0.892. The number of halogens is 1. The Morgan fingerprint density at radius 2 is 2.00 bits per heavy atom. The second-order valence-electron chi connectivity index (χ2n) is 4.68. The molecule has 0 spiro atoms. The fraction of sp³-hybridized carbons (Fsp3) is 0.615. The molecule has 1 heterocycles. The van der Waals surface area contributed by atoms with Gasteiger partial charge in [0.25, 0.3) is 5.91 Å². The van der Waals surface area contributed by atoms with Crippen molar-refractivity contribution in [3.63, 3.8) is 0 Å². The van der Waals surface area contributed by atoms with E-state index in [4.69, 9.17) is 16.3 Å². The standard InChI is InChI=1S/C13H21ClN4O2/c1-17(2)7-4-8-18(9-10-20-3)13(19)11-5-6-12(14)16-15-11/h5-6H,4,7-10H2,1-3H3. The van der Waals surface area contributed by atoms with Crippen LogP contribution in [0.15, 0.2) is 12.1 Å². The normalized spacial score (nSPS) is 10.8. The third-order valence-electron chi connectivity index (χ3n) is 2.74. The van der Waals surface area contributed by atoms with Gasteiger partial charge in [0, 0.05) is 20.2 Å². The molecule has 0 aliphatic rings. The molecule has 0 aliphatic carbocycles. The molecule has 0 aliphatic heterocycles. The molecule has 0 radical (unpaired) electrons. The van der Waals surface area contributed by atoms with Crippen LogP contribution in [0.4, 0.5) is 0 Å². The highest BCUT2D eigenvalue weighted by molar-refractivity contribution is 6.29. The van der Waals surface area contributed by atoms with E-state index in [1.165, 1.54) is 0 Å². The molecule has 1 amide bonds. The lowest BCUT2D eigenvalue weighted by Gasteiger charge is -2.22. The predicted molar refractivity (Wildman–Crippen MR) is 78.0 cm³/mol. The maximum atomic E-state index is 12.3. The van der Waals surface area contributed by atoms with Gasteiger partial charge in [0.1, 0.15) is 0 Å². The van der Waals surface area contributed by atoms with Crippen LogP contribution in [0.25, 0.3) is 0 Å². The van der Waals surface area contributed by atoms with Gasteiger partial charge in [0.05, 0.1) is 6.61 Å². The molecule has 112 valence electrons. The fourth-order valence-electron chi connectivity index (χ4n) is 1.69. The number of amides is 1. The largest absolute Gasteiger partial charge is 0.383 e. The van der Waals surface area contributed by atoms with Crippen molar-refractivity contribution in [1.82, 2.24) is 20.0 Å². The van der Waals surface area contributed by atoms with Crippen LogP contribution < -0.4 is 0 Å². The molecule has 1 aromatic rings. The van der Waals surface area contributed by atoms with Gasteiger partial charge >= 0.3 is 0 Å². The van der Waals surface area contributed by atoms with Crippen LogP contribution in [-0.4, -0.2) is 73.4 Å². The molecule has 0 atom stereocenters. The van der Waals surface area contributed by atoms with Crippen LogP contribution >= 0.6 is 11.6 Å². The molecule has 0 unspecified atom stereocenters. The van der Waals surface area contributed by atoms with Gasteiger partial charge in [0.15, 0.2) is 10.8 Å². The molecule has 0 fully saturated rings. The Morgan fingerprint density at radius 1 is 1.25 bits per heavy atom. The van der Waals surface area contributed by atoms with Gasteiger partial charge in [-0.05, 0) is 39.2 Å². The number of carbonyl (C=O) groups excluding carboxylic acids is 1. The summed E-state index contributed by atoms with van der Waals surface area (Å²) in [4.78, 5) is 16.2.